The number of esters is 1. The van der Waals surface area contributed by atoms with E-state index in [1.54, 1.807) is 31.2 Å². The molecule has 84 valence electrons. The normalized spacial score (nSPS) is 10.4. The van der Waals surface area contributed by atoms with Crippen molar-refractivity contribution >= 4 is 29.4 Å². The average molecular weight is 239 g/mol. The fraction of sp³-hybridized carbons (Fsp3) is 0.167. The molecule has 0 aliphatic carbocycles. The lowest BCUT2D eigenvalue weighted by atomic mass is 10.2. The Labute approximate surface area is 98.7 Å². The van der Waals surface area contributed by atoms with Gasteiger partial charge in [0.2, 0.25) is 0 Å². The molecule has 1 aromatic carbocycles. The largest absolute Gasteiger partial charge is 0.460 e. The number of carbonyl (C=O) groups excluding carboxylic acids is 2. The summed E-state index contributed by atoms with van der Waals surface area (Å²) in [6, 6.07) is 6.96. The number of hydrogen-bond acceptors (Lipinski definition) is 3. The number of ketones is 1. The van der Waals surface area contributed by atoms with E-state index >= 15 is 0 Å². The van der Waals surface area contributed by atoms with E-state index in [1.165, 1.54) is 12.2 Å². The Morgan fingerprint density at radius 3 is 2.81 bits per heavy atom. The van der Waals surface area contributed by atoms with Gasteiger partial charge in [-0.3, -0.25) is 4.79 Å². The fourth-order valence-corrected chi connectivity index (χ4v) is 1.25. The highest BCUT2D eigenvalue weighted by Crippen LogP contribution is 2.11. The first kappa shape index (κ1) is 12.5. The van der Waals surface area contributed by atoms with Gasteiger partial charge in [-0.05, 0) is 30.7 Å². The summed E-state index contributed by atoms with van der Waals surface area (Å²) < 4.78 is 4.55. The summed E-state index contributed by atoms with van der Waals surface area (Å²) in [5, 5.41) is 0.575. The van der Waals surface area contributed by atoms with Crippen molar-refractivity contribution in [3.8, 4) is 0 Å². The van der Waals surface area contributed by atoms with Crippen LogP contribution in [0, 0.1) is 0 Å². The van der Waals surface area contributed by atoms with Crippen LogP contribution in [0.4, 0.5) is 0 Å². The Morgan fingerprint density at radius 2 is 2.19 bits per heavy atom. The van der Waals surface area contributed by atoms with E-state index in [1.807, 2.05) is 0 Å². The first-order valence-corrected chi connectivity index (χ1v) is 5.16. The maximum absolute atomic E-state index is 11.2. The van der Waals surface area contributed by atoms with Gasteiger partial charge in [-0.25, -0.2) is 4.79 Å². The van der Waals surface area contributed by atoms with Gasteiger partial charge in [-0.15, -0.1) is 0 Å². The topological polar surface area (TPSA) is 43.4 Å². The van der Waals surface area contributed by atoms with Gasteiger partial charge in [0.1, 0.15) is 0 Å². The summed E-state index contributed by atoms with van der Waals surface area (Å²) in [5.41, 5.74) is 0.755. The molecule has 0 aliphatic heterocycles. The van der Waals surface area contributed by atoms with E-state index in [0.29, 0.717) is 5.02 Å². The highest BCUT2D eigenvalue weighted by molar-refractivity contribution is 6.39. The van der Waals surface area contributed by atoms with Crippen LogP contribution in [0.3, 0.4) is 0 Å². The van der Waals surface area contributed by atoms with Crippen LogP contribution < -0.4 is 0 Å². The second-order valence-corrected chi connectivity index (χ2v) is 3.41. The minimum absolute atomic E-state index is 0.190. The molecule has 0 aromatic heterocycles. The third-order valence-corrected chi connectivity index (χ3v) is 1.99. The summed E-state index contributed by atoms with van der Waals surface area (Å²) in [7, 11) is 0. The zero-order valence-electron chi connectivity index (χ0n) is 8.77. The minimum atomic E-state index is -0.847. The molecular weight excluding hydrogens is 228 g/mol. The quantitative estimate of drug-likeness (QED) is 0.460. The molecule has 3 nitrogen and oxygen atoms in total. The maximum Gasteiger partial charge on any atom is 0.379 e. The van der Waals surface area contributed by atoms with Crippen LogP contribution >= 0.6 is 11.6 Å². The van der Waals surface area contributed by atoms with Crippen LogP contribution in [0.15, 0.2) is 30.3 Å². The van der Waals surface area contributed by atoms with Crippen molar-refractivity contribution in [3.05, 3.63) is 40.9 Å². The van der Waals surface area contributed by atoms with Crippen molar-refractivity contribution < 1.29 is 14.3 Å². The van der Waals surface area contributed by atoms with Gasteiger partial charge in [0.15, 0.2) is 0 Å². The molecule has 0 aliphatic rings. The Morgan fingerprint density at radius 1 is 1.44 bits per heavy atom. The standard InChI is InChI=1S/C12H11ClO3/c1-2-16-12(15)11(14)7-6-9-4-3-5-10(13)8-9/h3-8H,2H2,1H3/b7-6+. The number of halogens is 1. The molecule has 0 bridgehead atoms. The molecule has 0 spiro atoms. The number of benzene rings is 1. The third kappa shape index (κ3) is 3.87. The van der Waals surface area contributed by atoms with Crippen molar-refractivity contribution in [1.82, 2.24) is 0 Å². The Balaban J connectivity index is 2.67. The van der Waals surface area contributed by atoms with E-state index in [-0.39, 0.29) is 6.61 Å². The van der Waals surface area contributed by atoms with Crippen molar-refractivity contribution in [1.29, 1.82) is 0 Å². The van der Waals surface area contributed by atoms with Crippen LogP contribution in [0.5, 0.6) is 0 Å². The average Bonchev–Trinajstić information content (AvgIpc) is 2.26. The molecule has 0 saturated heterocycles. The SMILES string of the molecule is CCOC(=O)C(=O)/C=C/c1cccc(Cl)c1. The third-order valence-electron chi connectivity index (χ3n) is 1.75. The van der Waals surface area contributed by atoms with Crippen molar-refractivity contribution in [2.45, 2.75) is 6.92 Å². The highest BCUT2D eigenvalue weighted by Gasteiger charge is 2.09. The summed E-state index contributed by atoms with van der Waals surface area (Å²) in [5.74, 6) is -1.53. The van der Waals surface area contributed by atoms with Crippen molar-refractivity contribution in [3.63, 3.8) is 0 Å². The second-order valence-electron chi connectivity index (χ2n) is 2.97. The molecule has 0 N–H and O–H groups in total. The van der Waals surface area contributed by atoms with Crippen LogP contribution in [-0.2, 0) is 14.3 Å². The highest BCUT2D eigenvalue weighted by atomic mass is 35.5. The Bertz CT molecular complexity index is 424. The fourth-order valence-electron chi connectivity index (χ4n) is 1.05. The van der Waals surface area contributed by atoms with E-state index in [2.05, 4.69) is 4.74 Å². The molecular formula is C12H11ClO3. The molecule has 0 fully saturated rings. The van der Waals surface area contributed by atoms with Crippen LogP contribution in [-0.4, -0.2) is 18.4 Å². The molecule has 16 heavy (non-hydrogen) atoms. The molecule has 0 unspecified atom stereocenters. The number of rotatable bonds is 4. The van der Waals surface area contributed by atoms with Crippen molar-refractivity contribution in [2.75, 3.05) is 6.61 Å². The van der Waals surface area contributed by atoms with Gasteiger partial charge in [0.05, 0.1) is 6.61 Å². The maximum atomic E-state index is 11.2. The second kappa shape index (κ2) is 6.08. The predicted molar refractivity (Wildman–Crippen MR) is 62.1 cm³/mol. The smallest absolute Gasteiger partial charge is 0.379 e. The zero-order chi connectivity index (χ0) is 12.0. The van der Waals surface area contributed by atoms with Gasteiger partial charge in [0.25, 0.3) is 5.78 Å². The molecule has 0 saturated carbocycles. The van der Waals surface area contributed by atoms with E-state index in [0.717, 1.165) is 5.56 Å². The lowest BCUT2D eigenvalue weighted by molar-refractivity contribution is -0.151. The van der Waals surface area contributed by atoms with Crippen LogP contribution in [0.2, 0.25) is 5.02 Å². The molecule has 4 heteroatoms. The van der Waals surface area contributed by atoms with Gasteiger partial charge in [-0.1, -0.05) is 29.8 Å². The summed E-state index contributed by atoms with van der Waals surface area (Å²) in [6.45, 7) is 1.83. The van der Waals surface area contributed by atoms with E-state index < -0.39 is 11.8 Å². The van der Waals surface area contributed by atoms with Gasteiger partial charge >= 0.3 is 5.97 Å². The number of ether oxygens (including phenoxy) is 1. The number of carbonyl (C=O) groups is 2. The predicted octanol–water partition coefficient (Wildman–Crippen LogP) is 2.49. The van der Waals surface area contributed by atoms with Crippen LogP contribution in [0.1, 0.15) is 12.5 Å². The van der Waals surface area contributed by atoms with Gasteiger partial charge in [0, 0.05) is 5.02 Å². The Kier molecular flexibility index (Phi) is 4.73. The molecule has 1 aromatic rings. The first-order valence-electron chi connectivity index (χ1n) is 4.78. The monoisotopic (exact) mass is 238 g/mol. The molecule has 0 heterocycles. The summed E-state index contributed by atoms with van der Waals surface area (Å²) in [6.07, 6.45) is 2.69. The van der Waals surface area contributed by atoms with Gasteiger partial charge in [-0.2, -0.15) is 0 Å². The minimum Gasteiger partial charge on any atom is -0.460 e. The van der Waals surface area contributed by atoms with Crippen molar-refractivity contribution in [2.24, 2.45) is 0 Å². The van der Waals surface area contributed by atoms with Crippen LogP contribution in [0.25, 0.3) is 6.08 Å². The Hall–Kier alpha value is -1.61. The molecule has 0 atom stereocenters. The lowest BCUT2D eigenvalue weighted by Crippen LogP contribution is -2.14. The number of hydrogen-bond donors (Lipinski definition) is 0. The van der Waals surface area contributed by atoms with E-state index in [9.17, 15) is 9.59 Å². The first-order chi connectivity index (χ1) is 7.63. The summed E-state index contributed by atoms with van der Waals surface area (Å²) >= 11 is 5.76. The molecule has 0 radical (unpaired) electrons. The van der Waals surface area contributed by atoms with E-state index in [4.69, 9.17) is 11.6 Å². The lowest BCUT2D eigenvalue weighted by Gasteiger charge is -1.96. The molecule has 0 amide bonds. The zero-order valence-corrected chi connectivity index (χ0v) is 9.53. The summed E-state index contributed by atoms with van der Waals surface area (Å²) in [4.78, 5) is 22.2. The molecule has 1 rings (SSSR count). The van der Waals surface area contributed by atoms with Gasteiger partial charge < -0.3 is 4.74 Å².